The number of halogens is 1. The molecule has 1 aromatic heterocycles. The van der Waals surface area contributed by atoms with Crippen LogP contribution in [0.4, 0.5) is 0 Å². The van der Waals surface area contributed by atoms with E-state index in [2.05, 4.69) is 30.7 Å². The number of benzene rings is 1. The van der Waals surface area contributed by atoms with Gasteiger partial charge in [-0.25, -0.2) is 4.98 Å². The minimum absolute atomic E-state index is 0.0855. The second-order valence-corrected chi connectivity index (χ2v) is 5.85. The summed E-state index contributed by atoms with van der Waals surface area (Å²) in [5, 5.41) is 1.17. The van der Waals surface area contributed by atoms with Crippen LogP contribution in [0.2, 0.25) is 5.02 Å². The first-order valence-electron chi connectivity index (χ1n) is 5.54. The van der Waals surface area contributed by atoms with Crippen LogP contribution in [-0.2, 0) is 6.42 Å². The van der Waals surface area contributed by atoms with Crippen molar-refractivity contribution in [1.82, 2.24) is 9.97 Å². The second-order valence-electron chi connectivity index (χ2n) is 5.41. The highest BCUT2D eigenvalue weighted by molar-refractivity contribution is 6.31. The zero-order valence-corrected chi connectivity index (χ0v) is 10.9. The first-order valence-corrected chi connectivity index (χ1v) is 5.91. The predicted molar refractivity (Wildman–Crippen MR) is 70.5 cm³/mol. The summed E-state index contributed by atoms with van der Waals surface area (Å²) in [6.45, 7) is 6.32. The van der Waals surface area contributed by atoms with Gasteiger partial charge in [-0.15, -0.1) is 0 Å². The maximum atomic E-state index is 11.9. The SMILES string of the molecule is CC(C)(C)Cc1nc2cc(Cl)ccc2c(=O)[nH]1. The monoisotopic (exact) mass is 250 g/mol. The van der Waals surface area contributed by atoms with Gasteiger partial charge in [0.1, 0.15) is 5.82 Å². The molecule has 1 N–H and O–H groups in total. The Hall–Kier alpha value is -1.35. The zero-order valence-electron chi connectivity index (χ0n) is 10.2. The number of nitrogens with one attached hydrogen (secondary N) is 1. The van der Waals surface area contributed by atoms with E-state index in [9.17, 15) is 4.79 Å². The number of hydrogen-bond acceptors (Lipinski definition) is 2. The second kappa shape index (κ2) is 4.15. The van der Waals surface area contributed by atoms with Crippen LogP contribution in [0.5, 0.6) is 0 Å². The average molecular weight is 251 g/mol. The van der Waals surface area contributed by atoms with Gasteiger partial charge in [0.05, 0.1) is 10.9 Å². The number of nitrogens with zero attached hydrogens (tertiary/aromatic N) is 1. The van der Waals surface area contributed by atoms with E-state index in [4.69, 9.17) is 11.6 Å². The summed E-state index contributed by atoms with van der Waals surface area (Å²) in [5.41, 5.74) is 0.633. The fraction of sp³-hybridized carbons (Fsp3) is 0.385. The quantitative estimate of drug-likeness (QED) is 0.845. The van der Waals surface area contributed by atoms with Gasteiger partial charge in [0, 0.05) is 11.4 Å². The molecule has 0 saturated heterocycles. The lowest BCUT2D eigenvalue weighted by Crippen LogP contribution is -2.17. The summed E-state index contributed by atoms with van der Waals surface area (Å²) in [6, 6.07) is 5.12. The van der Waals surface area contributed by atoms with Gasteiger partial charge in [-0.1, -0.05) is 32.4 Å². The van der Waals surface area contributed by atoms with Gasteiger partial charge in [-0.3, -0.25) is 4.79 Å². The van der Waals surface area contributed by atoms with Gasteiger partial charge in [0.2, 0.25) is 0 Å². The van der Waals surface area contributed by atoms with Gasteiger partial charge < -0.3 is 4.98 Å². The number of H-pyrrole nitrogens is 1. The predicted octanol–water partition coefficient (Wildman–Crippen LogP) is 3.17. The molecular formula is C13H15ClN2O. The first kappa shape index (κ1) is 12.1. The molecule has 0 spiro atoms. The Bertz CT molecular complexity index is 611. The Morgan fingerprint density at radius 1 is 1.35 bits per heavy atom. The van der Waals surface area contributed by atoms with E-state index in [1.807, 2.05) is 0 Å². The van der Waals surface area contributed by atoms with Crippen molar-refractivity contribution in [3.05, 3.63) is 39.4 Å². The first-order chi connectivity index (χ1) is 7.85. The summed E-state index contributed by atoms with van der Waals surface area (Å²) in [7, 11) is 0. The van der Waals surface area contributed by atoms with E-state index >= 15 is 0 Å². The topological polar surface area (TPSA) is 45.8 Å². The van der Waals surface area contributed by atoms with E-state index in [1.54, 1.807) is 18.2 Å². The third-order valence-electron chi connectivity index (χ3n) is 2.42. The molecule has 0 saturated carbocycles. The van der Waals surface area contributed by atoms with Crippen LogP contribution in [-0.4, -0.2) is 9.97 Å². The highest BCUT2D eigenvalue weighted by Gasteiger charge is 2.14. The Kier molecular flexibility index (Phi) is 2.96. The van der Waals surface area contributed by atoms with Crippen LogP contribution in [0, 0.1) is 5.41 Å². The van der Waals surface area contributed by atoms with Crippen LogP contribution in [0.3, 0.4) is 0 Å². The fourth-order valence-corrected chi connectivity index (χ4v) is 1.91. The lowest BCUT2D eigenvalue weighted by atomic mass is 9.92. The van der Waals surface area contributed by atoms with Gasteiger partial charge in [0.15, 0.2) is 0 Å². The Labute approximate surface area is 105 Å². The smallest absolute Gasteiger partial charge is 0.258 e. The summed E-state index contributed by atoms with van der Waals surface area (Å²) >= 11 is 5.90. The molecule has 2 rings (SSSR count). The molecule has 0 radical (unpaired) electrons. The molecule has 4 heteroatoms. The van der Waals surface area contributed by atoms with E-state index < -0.39 is 0 Å². The van der Waals surface area contributed by atoms with Gasteiger partial charge in [0.25, 0.3) is 5.56 Å². The molecule has 0 aliphatic carbocycles. The molecule has 2 aromatic rings. The molecule has 0 bridgehead atoms. The standard InChI is InChI=1S/C13H15ClN2O/c1-13(2,3)7-11-15-10-6-8(14)4-5-9(10)12(17)16-11/h4-6H,7H2,1-3H3,(H,15,16,17). The summed E-state index contributed by atoms with van der Waals surface area (Å²) in [5.74, 6) is 0.706. The molecule has 17 heavy (non-hydrogen) atoms. The van der Waals surface area contributed by atoms with E-state index in [0.29, 0.717) is 21.7 Å². The third-order valence-corrected chi connectivity index (χ3v) is 2.65. The highest BCUT2D eigenvalue weighted by atomic mass is 35.5. The molecule has 1 aromatic carbocycles. The molecule has 3 nitrogen and oxygen atoms in total. The van der Waals surface area contributed by atoms with Crippen LogP contribution in [0.15, 0.2) is 23.0 Å². The van der Waals surface area contributed by atoms with E-state index in [0.717, 1.165) is 6.42 Å². The molecule has 90 valence electrons. The fourth-order valence-electron chi connectivity index (χ4n) is 1.75. The minimum Gasteiger partial charge on any atom is -0.310 e. The van der Waals surface area contributed by atoms with Gasteiger partial charge in [-0.2, -0.15) is 0 Å². The molecule has 0 aliphatic rings. The Balaban J connectivity index is 2.58. The summed E-state index contributed by atoms with van der Waals surface area (Å²) in [6.07, 6.45) is 0.727. The van der Waals surface area contributed by atoms with E-state index in [-0.39, 0.29) is 11.0 Å². The van der Waals surface area contributed by atoms with Crippen molar-refractivity contribution in [2.45, 2.75) is 27.2 Å². The largest absolute Gasteiger partial charge is 0.310 e. The van der Waals surface area contributed by atoms with Crippen molar-refractivity contribution in [3.63, 3.8) is 0 Å². The van der Waals surface area contributed by atoms with Crippen molar-refractivity contribution in [2.75, 3.05) is 0 Å². The maximum absolute atomic E-state index is 11.9. The maximum Gasteiger partial charge on any atom is 0.258 e. The normalized spacial score (nSPS) is 12.0. The molecular weight excluding hydrogens is 236 g/mol. The number of rotatable bonds is 1. The number of aromatic amines is 1. The summed E-state index contributed by atoms with van der Waals surface area (Å²) < 4.78 is 0. The summed E-state index contributed by atoms with van der Waals surface area (Å²) in [4.78, 5) is 19.1. The number of fused-ring (bicyclic) bond motifs is 1. The lowest BCUT2D eigenvalue weighted by Gasteiger charge is -2.17. The van der Waals surface area contributed by atoms with Crippen LogP contribution >= 0.6 is 11.6 Å². The van der Waals surface area contributed by atoms with Gasteiger partial charge in [-0.05, 0) is 23.6 Å². The molecule has 0 fully saturated rings. The highest BCUT2D eigenvalue weighted by Crippen LogP contribution is 2.19. The zero-order chi connectivity index (χ0) is 12.6. The molecule has 0 aliphatic heterocycles. The molecule has 0 amide bonds. The van der Waals surface area contributed by atoms with Crippen LogP contribution in [0.1, 0.15) is 26.6 Å². The lowest BCUT2D eigenvalue weighted by molar-refractivity contribution is 0.401. The van der Waals surface area contributed by atoms with Crippen molar-refractivity contribution in [3.8, 4) is 0 Å². The number of hydrogen-bond donors (Lipinski definition) is 1. The average Bonchev–Trinajstić information content (AvgIpc) is 2.13. The van der Waals surface area contributed by atoms with Gasteiger partial charge >= 0.3 is 0 Å². The minimum atomic E-state index is -0.106. The number of aromatic nitrogens is 2. The molecule has 0 atom stereocenters. The third kappa shape index (κ3) is 2.86. The van der Waals surface area contributed by atoms with Crippen molar-refractivity contribution >= 4 is 22.5 Å². The van der Waals surface area contributed by atoms with Crippen molar-refractivity contribution < 1.29 is 0 Å². The van der Waals surface area contributed by atoms with Crippen LogP contribution < -0.4 is 5.56 Å². The Morgan fingerprint density at radius 2 is 2.06 bits per heavy atom. The molecule has 0 unspecified atom stereocenters. The van der Waals surface area contributed by atoms with Crippen molar-refractivity contribution in [2.24, 2.45) is 5.41 Å². The van der Waals surface area contributed by atoms with E-state index in [1.165, 1.54) is 0 Å². The molecule has 1 heterocycles. The Morgan fingerprint density at radius 3 is 2.71 bits per heavy atom. The van der Waals surface area contributed by atoms with Crippen LogP contribution in [0.25, 0.3) is 10.9 Å². The van der Waals surface area contributed by atoms with Crippen molar-refractivity contribution in [1.29, 1.82) is 0 Å².